The highest BCUT2D eigenvalue weighted by molar-refractivity contribution is 4.89. The lowest BCUT2D eigenvalue weighted by molar-refractivity contribution is 0.0755. The monoisotopic (exact) mass is 236 g/mol. The van der Waals surface area contributed by atoms with E-state index in [0.29, 0.717) is 0 Å². The van der Waals surface area contributed by atoms with E-state index in [1.807, 2.05) is 0 Å². The minimum absolute atomic E-state index is 0.183. The first-order valence-electron chi connectivity index (χ1n) is 7.08. The van der Waals surface area contributed by atoms with Gasteiger partial charge in [-0.25, -0.2) is 0 Å². The SMILES string of the molecule is N#CC1CCCN(CC(O)CC2CCCC2)C1. The first kappa shape index (κ1) is 12.9. The van der Waals surface area contributed by atoms with E-state index >= 15 is 0 Å². The Kier molecular flexibility index (Phi) is 4.82. The van der Waals surface area contributed by atoms with Crippen molar-refractivity contribution >= 4 is 0 Å². The number of piperidine rings is 1. The molecule has 96 valence electrons. The van der Waals surface area contributed by atoms with Gasteiger partial charge in [0.15, 0.2) is 0 Å². The zero-order valence-electron chi connectivity index (χ0n) is 10.6. The minimum atomic E-state index is -0.185. The highest BCUT2D eigenvalue weighted by atomic mass is 16.3. The van der Waals surface area contributed by atoms with Crippen molar-refractivity contribution in [3.63, 3.8) is 0 Å². The van der Waals surface area contributed by atoms with Crippen molar-refractivity contribution in [1.82, 2.24) is 4.90 Å². The van der Waals surface area contributed by atoms with Crippen LogP contribution >= 0.6 is 0 Å². The normalized spacial score (nSPS) is 29.1. The van der Waals surface area contributed by atoms with Gasteiger partial charge in [0, 0.05) is 13.1 Å². The van der Waals surface area contributed by atoms with Crippen LogP contribution in [-0.4, -0.2) is 35.7 Å². The fourth-order valence-electron chi connectivity index (χ4n) is 3.33. The summed E-state index contributed by atoms with van der Waals surface area (Å²) in [5.41, 5.74) is 0. The van der Waals surface area contributed by atoms with Gasteiger partial charge in [0.05, 0.1) is 18.1 Å². The molecule has 1 saturated heterocycles. The van der Waals surface area contributed by atoms with E-state index in [9.17, 15) is 5.11 Å². The Morgan fingerprint density at radius 3 is 2.71 bits per heavy atom. The second-order valence-corrected chi connectivity index (χ2v) is 5.77. The summed E-state index contributed by atoms with van der Waals surface area (Å²) in [5, 5.41) is 19.0. The third-order valence-electron chi connectivity index (χ3n) is 4.24. The van der Waals surface area contributed by atoms with Crippen LogP contribution in [-0.2, 0) is 0 Å². The molecule has 2 aliphatic rings. The van der Waals surface area contributed by atoms with Crippen molar-refractivity contribution in [2.24, 2.45) is 11.8 Å². The van der Waals surface area contributed by atoms with E-state index in [1.165, 1.54) is 25.7 Å². The Hall–Kier alpha value is -0.590. The first-order chi connectivity index (χ1) is 8.28. The maximum Gasteiger partial charge on any atom is 0.0669 e. The second kappa shape index (κ2) is 6.37. The molecule has 3 heteroatoms. The third-order valence-corrected chi connectivity index (χ3v) is 4.24. The lowest BCUT2D eigenvalue weighted by Crippen LogP contribution is -2.40. The van der Waals surface area contributed by atoms with Crippen LogP contribution in [0.4, 0.5) is 0 Å². The van der Waals surface area contributed by atoms with Crippen molar-refractivity contribution in [3.8, 4) is 6.07 Å². The maximum absolute atomic E-state index is 10.1. The summed E-state index contributed by atoms with van der Waals surface area (Å²) < 4.78 is 0. The highest BCUT2D eigenvalue weighted by Crippen LogP contribution is 2.29. The Labute approximate surface area is 104 Å². The van der Waals surface area contributed by atoms with Crippen molar-refractivity contribution in [2.75, 3.05) is 19.6 Å². The number of aliphatic hydroxyl groups excluding tert-OH is 1. The molecule has 17 heavy (non-hydrogen) atoms. The minimum Gasteiger partial charge on any atom is -0.392 e. The van der Waals surface area contributed by atoms with Gasteiger partial charge in [0.2, 0.25) is 0 Å². The van der Waals surface area contributed by atoms with Crippen LogP contribution in [0.15, 0.2) is 0 Å². The topological polar surface area (TPSA) is 47.3 Å². The third kappa shape index (κ3) is 3.97. The van der Waals surface area contributed by atoms with Gasteiger partial charge in [-0.1, -0.05) is 25.7 Å². The molecule has 0 aromatic heterocycles. The molecule has 0 amide bonds. The molecule has 2 rings (SSSR count). The number of nitriles is 1. The van der Waals surface area contributed by atoms with Crippen LogP contribution in [0.25, 0.3) is 0 Å². The maximum atomic E-state index is 10.1. The molecule has 0 bridgehead atoms. The van der Waals surface area contributed by atoms with E-state index in [-0.39, 0.29) is 12.0 Å². The van der Waals surface area contributed by atoms with Crippen molar-refractivity contribution in [2.45, 2.75) is 51.0 Å². The fraction of sp³-hybridized carbons (Fsp3) is 0.929. The summed E-state index contributed by atoms with van der Waals surface area (Å²) in [6.45, 7) is 2.69. The van der Waals surface area contributed by atoms with Crippen LogP contribution in [0.2, 0.25) is 0 Å². The molecule has 2 unspecified atom stereocenters. The summed E-state index contributed by atoms with van der Waals surface area (Å²) in [7, 11) is 0. The molecule has 0 spiro atoms. The van der Waals surface area contributed by atoms with E-state index in [4.69, 9.17) is 5.26 Å². The summed E-state index contributed by atoms with van der Waals surface area (Å²) in [5.74, 6) is 0.934. The van der Waals surface area contributed by atoms with Gasteiger partial charge >= 0.3 is 0 Å². The van der Waals surface area contributed by atoms with Gasteiger partial charge in [-0.2, -0.15) is 5.26 Å². The Morgan fingerprint density at radius 2 is 2.00 bits per heavy atom. The summed E-state index contributed by atoms with van der Waals surface area (Å²) in [4.78, 5) is 2.27. The van der Waals surface area contributed by atoms with E-state index in [0.717, 1.165) is 44.8 Å². The van der Waals surface area contributed by atoms with Crippen LogP contribution in [0.5, 0.6) is 0 Å². The molecular formula is C14H24N2O. The van der Waals surface area contributed by atoms with Gasteiger partial charge in [0.1, 0.15) is 0 Å². The van der Waals surface area contributed by atoms with Crippen LogP contribution in [0.1, 0.15) is 44.9 Å². The summed E-state index contributed by atoms with van der Waals surface area (Å²) in [6.07, 6.45) is 8.22. The van der Waals surface area contributed by atoms with Crippen LogP contribution in [0, 0.1) is 23.2 Å². The number of rotatable bonds is 4. The number of nitrogens with zero attached hydrogens (tertiary/aromatic N) is 2. The van der Waals surface area contributed by atoms with Gasteiger partial charge in [-0.15, -0.1) is 0 Å². The number of β-amino-alcohol motifs (C(OH)–C–C–N with tert-alkyl or cyclic N) is 1. The average Bonchev–Trinajstić information content (AvgIpc) is 2.82. The second-order valence-electron chi connectivity index (χ2n) is 5.77. The molecule has 1 aliphatic carbocycles. The molecule has 0 aromatic rings. The lowest BCUT2D eigenvalue weighted by Gasteiger charge is -2.31. The first-order valence-corrected chi connectivity index (χ1v) is 7.08. The number of likely N-dealkylation sites (tertiary alicyclic amines) is 1. The van der Waals surface area contributed by atoms with Crippen molar-refractivity contribution in [3.05, 3.63) is 0 Å². The zero-order valence-corrected chi connectivity index (χ0v) is 10.6. The van der Waals surface area contributed by atoms with Crippen molar-refractivity contribution in [1.29, 1.82) is 5.26 Å². The fourth-order valence-corrected chi connectivity index (χ4v) is 3.33. The summed E-state index contributed by atoms with van der Waals surface area (Å²) >= 11 is 0. The van der Waals surface area contributed by atoms with E-state index < -0.39 is 0 Å². The zero-order chi connectivity index (χ0) is 12.1. The molecule has 0 radical (unpaired) electrons. The molecular weight excluding hydrogens is 212 g/mol. The number of hydrogen-bond acceptors (Lipinski definition) is 3. The largest absolute Gasteiger partial charge is 0.392 e. The molecule has 2 atom stereocenters. The van der Waals surface area contributed by atoms with E-state index in [1.54, 1.807) is 0 Å². The van der Waals surface area contributed by atoms with E-state index in [2.05, 4.69) is 11.0 Å². The Balaban J connectivity index is 1.70. The van der Waals surface area contributed by atoms with Crippen LogP contribution in [0.3, 0.4) is 0 Å². The predicted molar refractivity (Wildman–Crippen MR) is 67.4 cm³/mol. The molecule has 1 saturated carbocycles. The number of hydrogen-bond donors (Lipinski definition) is 1. The molecule has 0 aromatic carbocycles. The van der Waals surface area contributed by atoms with Gasteiger partial charge in [-0.05, 0) is 31.7 Å². The molecule has 1 aliphatic heterocycles. The van der Waals surface area contributed by atoms with Gasteiger partial charge < -0.3 is 5.11 Å². The van der Waals surface area contributed by atoms with Gasteiger partial charge in [0.25, 0.3) is 0 Å². The number of aliphatic hydroxyl groups is 1. The standard InChI is InChI=1S/C14H24N2O/c15-9-13-6-3-7-16(10-13)11-14(17)8-12-4-1-2-5-12/h12-14,17H,1-8,10-11H2. The molecule has 2 fully saturated rings. The highest BCUT2D eigenvalue weighted by Gasteiger charge is 2.24. The van der Waals surface area contributed by atoms with Gasteiger partial charge in [-0.3, -0.25) is 4.90 Å². The molecule has 3 nitrogen and oxygen atoms in total. The van der Waals surface area contributed by atoms with Crippen LogP contribution < -0.4 is 0 Å². The molecule has 1 N–H and O–H groups in total. The Morgan fingerprint density at radius 1 is 1.24 bits per heavy atom. The predicted octanol–water partition coefficient (Wildman–Crippen LogP) is 2.16. The Bertz CT molecular complexity index is 268. The lowest BCUT2D eigenvalue weighted by atomic mass is 9.97. The average molecular weight is 236 g/mol. The smallest absolute Gasteiger partial charge is 0.0669 e. The quantitative estimate of drug-likeness (QED) is 0.813. The summed E-state index contributed by atoms with van der Waals surface area (Å²) in [6, 6.07) is 2.36. The van der Waals surface area contributed by atoms with Crippen molar-refractivity contribution < 1.29 is 5.11 Å². The molecule has 1 heterocycles.